The molecule has 1 aliphatic heterocycles. The Kier molecular flexibility index (Phi) is 5.75. The van der Waals surface area contributed by atoms with Crippen molar-refractivity contribution in [2.24, 2.45) is 34.5 Å². The van der Waals surface area contributed by atoms with Gasteiger partial charge in [0.1, 0.15) is 5.76 Å². The normalized spacial score (nSPS) is 41.5. The van der Waals surface area contributed by atoms with Crippen molar-refractivity contribution in [1.82, 2.24) is 0 Å². The molecular formula is C27H42O3. The van der Waals surface area contributed by atoms with Gasteiger partial charge < -0.3 is 9.84 Å². The van der Waals surface area contributed by atoms with Gasteiger partial charge >= 0.3 is 5.97 Å². The molecule has 0 radical (unpaired) electrons. The van der Waals surface area contributed by atoms with Crippen LogP contribution in [-0.2, 0) is 9.53 Å². The van der Waals surface area contributed by atoms with E-state index in [1.165, 1.54) is 42.4 Å². The Morgan fingerprint density at radius 3 is 2.57 bits per heavy atom. The minimum Gasteiger partial charge on any atom is -0.431 e. The van der Waals surface area contributed by atoms with E-state index in [-0.39, 0.29) is 28.8 Å². The summed E-state index contributed by atoms with van der Waals surface area (Å²) in [4.78, 5) is 13.0. The molecule has 2 fully saturated rings. The molecule has 0 aromatic heterocycles. The van der Waals surface area contributed by atoms with Crippen molar-refractivity contribution < 1.29 is 14.6 Å². The fourth-order valence-corrected chi connectivity index (χ4v) is 7.50. The number of carbonyl (C=O) groups excluding carboxylic acids is 1. The van der Waals surface area contributed by atoms with Crippen LogP contribution >= 0.6 is 0 Å². The van der Waals surface area contributed by atoms with Crippen LogP contribution in [0, 0.1) is 34.5 Å². The van der Waals surface area contributed by atoms with Crippen molar-refractivity contribution in [3.8, 4) is 0 Å². The second-order valence-corrected chi connectivity index (χ2v) is 11.7. The van der Waals surface area contributed by atoms with E-state index in [1.54, 1.807) is 0 Å². The Morgan fingerprint density at radius 1 is 1.13 bits per heavy atom. The predicted octanol–water partition coefficient (Wildman–Crippen LogP) is 6.56. The van der Waals surface area contributed by atoms with Gasteiger partial charge in [-0.05, 0) is 101 Å². The van der Waals surface area contributed by atoms with Crippen LogP contribution < -0.4 is 0 Å². The highest BCUT2D eigenvalue weighted by Gasteiger charge is 2.59. The van der Waals surface area contributed by atoms with Crippen molar-refractivity contribution in [2.75, 3.05) is 0 Å². The standard InChI is InChI=1S/C27H42O3/c1-16(2)17(3)7-8-18(4)20-9-10-21-24-22(12-14-26(20,21)5)27(6)13-11-19(28)15-23(27)25(29)30-24/h18-21,23,28H,7-15H2,1-6H3. The Morgan fingerprint density at radius 2 is 1.87 bits per heavy atom. The number of hydrogen-bond acceptors (Lipinski definition) is 3. The summed E-state index contributed by atoms with van der Waals surface area (Å²) >= 11 is 0. The fourth-order valence-electron chi connectivity index (χ4n) is 7.50. The van der Waals surface area contributed by atoms with E-state index >= 15 is 0 Å². The van der Waals surface area contributed by atoms with Crippen LogP contribution in [0.4, 0.5) is 0 Å². The van der Waals surface area contributed by atoms with E-state index in [4.69, 9.17) is 4.74 Å². The van der Waals surface area contributed by atoms with Gasteiger partial charge in [-0.3, -0.25) is 4.79 Å². The van der Waals surface area contributed by atoms with Gasteiger partial charge in [0.15, 0.2) is 0 Å². The number of ether oxygens (including phenoxy) is 1. The quantitative estimate of drug-likeness (QED) is 0.418. The van der Waals surface area contributed by atoms with Crippen molar-refractivity contribution in [3.05, 3.63) is 22.5 Å². The Bertz CT molecular complexity index is 773. The van der Waals surface area contributed by atoms with Gasteiger partial charge in [0, 0.05) is 11.3 Å². The lowest BCUT2D eigenvalue weighted by molar-refractivity contribution is -0.159. The number of fused-ring (bicyclic) bond motifs is 4. The second-order valence-electron chi connectivity index (χ2n) is 11.7. The molecule has 0 aromatic carbocycles. The van der Waals surface area contributed by atoms with E-state index in [0.717, 1.165) is 31.4 Å². The number of hydrogen-bond donors (Lipinski definition) is 1. The summed E-state index contributed by atoms with van der Waals surface area (Å²) in [5, 5.41) is 10.2. The van der Waals surface area contributed by atoms with Crippen molar-refractivity contribution in [3.63, 3.8) is 0 Å². The van der Waals surface area contributed by atoms with Crippen molar-refractivity contribution >= 4 is 5.97 Å². The summed E-state index contributed by atoms with van der Waals surface area (Å²) in [5.41, 5.74) is 4.56. The minimum absolute atomic E-state index is 0.0741. The number of aliphatic hydroxyl groups excluding tert-OH is 1. The lowest BCUT2D eigenvalue weighted by Gasteiger charge is -2.53. The lowest BCUT2D eigenvalue weighted by Crippen LogP contribution is -2.50. The zero-order valence-electron chi connectivity index (χ0n) is 20.0. The van der Waals surface area contributed by atoms with E-state index in [2.05, 4.69) is 41.5 Å². The largest absolute Gasteiger partial charge is 0.431 e. The number of rotatable bonds is 4. The molecule has 0 saturated heterocycles. The van der Waals surface area contributed by atoms with Crippen LogP contribution in [0.3, 0.4) is 0 Å². The first kappa shape index (κ1) is 22.1. The van der Waals surface area contributed by atoms with Gasteiger partial charge in [0.05, 0.1) is 12.0 Å². The third kappa shape index (κ3) is 3.40. The van der Waals surface area contributed by atoms with E-state index < -0.39 is 0 Å². The van der Waals surface area contributed by atoms with E-state index in [9.17, 15) is 9.90 Å². The molecule has 7 atom stereocenters. The van der Waals surface area contributed by atoms with Crippen molar-refractivity contribution in [2.45, 2.75) is 105 Å². The number of carbonyl (C=O) groups is 1. The van der Waals surface area contributed by atoms with Gasteiger partial charge in [0.2, 0.25) is 0 Å². The summed E-state index contributed by atoms with van der Waals surface area (Å²) in [6.45, 7) is 13.9. The molecule has 0 amide bonds. The van der Waals surface area contributed by atoms with Gasteiger partial charge in [-0.2, -0.15) is 0 Å². The summed E-state index contributed by atoms with van der Waals surface area (Å²) < 4.78 is 6.13. The SMILES string of the molecule is CC(C)=C(C)CCC(C)C1CCC2C3=C(CCC21C)C1(C)CCC(O)CC1C(=O)O3. The maximum Gasteiger partial charge on any atom is 0.315 e. The average molecular weight is 415 g/mol. The maximum atomic E-state index is 13.0. The van der Waals surface area contributed by atoms with E-state index in [0.29, 0.717) is 24.2 Å². The number of aliphatic hydroxyl groups is 1. The summed E-state index contributed by atoms with van der Waals surface area (Å²) in [7, 11) is 0. The molecule has 30 heavy (non-hydrogen) atoms. The Hall–Kier alpha value is -1.09. The van der Waals surface area contributed by atoms with Crippen LogP contribution in [0.25, 0.3) is 0 Å². The molecule has 2 saturated carbocycles. The molecule has 3 aliphatic carbocycles. The molecule has 0 bridgehead atoms. The molecule has 4 aliphatic rings. The smallest absolute Gasteiger partial charge is 0.315 e. The molecular weight excluding hydrogens is 372 g/mol. The lowest BCUT2D eigenvalue weighted by atomic mass is 9.54. The van der Waals surface area contributed by atoms with Crippen LogP contribution in [0.15, 0.2) is 22.5 Å². The molecule has 3 nitrogen and oxygen atoms in total. The molecule has 1 heterocycles. The molecule has 168 valence electrons. The molecule has 0 spiro atoms. The predicted molar refractivity (Wildman–Crippen MR) is 121 cm³/mol. The third-order valence-corrected chi connectivity index (χ3v) is 9.91. The molecule has 3 heteroatoms. The molecule has 4 rings (SSSR count). The molecule has 7 unspecified atom stereocenters. The summed E-state index contributed by atoms with van der Waals surface area (Å²) in [5.74, 6) is 2.62. The second kappa shape index (κ2) is 7.80. The van der Waals surface area contributed by atoms with Crippen LogP contribution in [0.2, 0.25) is 0 Å². The van der Waals surface area contributed by atoms with Crippen LogP contribution in [0.1, 0.15) is 99.3 Å². The minimum atomic E-state index is -0.354. The van der Waals surface area contributed by atoms with Crippen molar-refractivity contribution in [1.29, 1.82) is 0 Å². The Balaban J connectivity index is 1.58. The highest BCUT2D eigenvalue weighted by atomic mass is 16.5. The van der Waals surface area contributed by atoms with Gasteiger partial charge in [-0.15, -0.1) is 0 Å². The zero-order chi connectivity index (χ0) is 21.8. The highest BCUT2D eigenvalue weighted by molar-refractivity contribution is 5.77. The fraction of sp³-hybridized carbons (Fsp3) is 0.815. The number of esters is 1. The highest BCUT2D eigenvalue weighted by Crippen LogP contribution is 2.64. The maximum absolute atomic E-state index is 13.0. The summed E-state index contributed by atoms with van der Waals surface area (Å²) in [6.07, 6.45) is 9.08. The zero-order valence-corrected chi connectivity index (χ0v) is 20.0. The topological polar surface area (TPSA) is 46.5 Å². The number of allylic oxidation sites excluding steroid dienone is 4. The van der Waals surface area contributed by atoms with Gasteiger partial charge in [0.25, 0.3) is 0 Å². The van der Waals surface area contributed by atoms with Crippen LogP contribution in [0.5, 0.6) is 0 Å². The first-order valence-electron chi connectivity index (χ1n) is 12.3. The van der Waals surface area contributed by atoms with Crippen LogP contribution in [-0.4, -0.2) is 17.2 Å². The van der Waals surface area contributed by atoms with E-state index in [1.807, 2.05) is 0 Å². The Labute approximate surface area is 183 Å². The van der Waals surface area contributed by atoms with Gasteiger partial charge in [-0.25, -0.2) is 0 Å². The first-order chi connectivity index (χ1) is 14.1. The molecule has 1 N–H and O–H groups in total. The average Bonchev–Trinajstić information content (AvgIpc) is 3.04. The third-order valence-electron chi connectivity index (χ3n) is 9.91. The first-order valence-corrected chi connectivity index (χ1v) is 12.3. The summed E-state index contributed by atoms with van der Waals surface area (Å²) in [6, 6.07) is 0. The monoisotopic (exact) mass is 414 g/mol. The molecule has 0 aromatic rings. The van der Waals surface area contributed by atoms with Gasteiger partial charge in [-0.1, -0.05) is 31.9 Å².